The number of hydrogen-bond donors (Lipinski definition) is 2. The van der Waals surface area contributed by atoms with Crippen LogP contribution in [-0.2, 0) is 5.41 Å². The van der Waals surface area contributed by atoms with Crippen LogP contribution in [0.5, 0.6) is 0 Å². The fourth-order valence-corrected chi connectivity index (χ4v) is 3.99. The van der Waals surface area contributed by atoms with E-state index in [1.54, 1.807) is 24.4 Å². The molecule has 1 atom stereocenters. The van der Waals surface area contributed by atoms with Crippen molar-refractivity contribution in [2.45, 2.75) is 32.1 Å². The molecule has 0 spiro atoms. The number of aromatic nitrogens is 1. The molecule has 4 rings (SSSR count). The van der Waals surface area contributed by atoms with Crippen LogP contribution in [0.1, 0.15) is 46.8 Å². The summed E-state index contributed by atoms with van der Waals surface area (Å²) >= 11 is 0. The first kappa shape index (κ1) is 23.0. The molecule has 1 amide bonds. The van der Waals surface area contributed by atoms with E-state index >= 15 is 0 Å². The van der Waals surface area contributed by atoms with Gasteiger partial charge in [-0.25, -0.2) is 0 Å². The molecule has 34 heavy (non-hydrogen) atoms. The Labute approximate surface area is 200 Å². The van der Waals surface area contributed by atoms with Crippen LogP contribution >= 0.6 is 0 Å². The minimum atomic E-state index is -0.668. The van der Waals surface area contributed by atoms with Gasteiger partial charge < -0.3 is 10.6 Å². The maximum absolute atomic E-state index is 13.0. The third-order valence-corrected chi connectivity index (χ3v) is 6.15. The van der Waals surface area contributed by atoms with Crippen molar-refractivity contribution in [3.8, 4) is 6.07 Å². The van der Waals surface area contributed by atoms with Crippen LogP contribution in [0, 0.1) is 18.3 Å². The number of nitrogens with one attached hydrogen (secondary N) is 2. The van der Waals surface area contributed by atoms with Crippen molar-refractivity contribution in [3.05, 3.63) is 83.2 Å². The predicted molar refractivity (Wildman–Crippen MR) is 137 cm³/mol. The number of hydrazone groups is 1. The maximum atomic E-state index is 13.0. The first-order valence-electron chi connectivity index (χ1n) is 11.2. The van der Waals surface area contributed by atoms with E-state index in [9.17, 15) is 10.1 Å². The number of amides is 1. The van der Waals surface area contributed by atoms with E-state index < -0.39 is 5.41 Å². The monoisotopic (exact) mass is 452 g/mol. The second kappa shape index (κ2) is 9.36. The number of pyridine rings is 1. The van der Waals surface area contributed by atoms with Gasteiger partial charge in [0.25, 0.3) is 5.91 Å². The van der Waals surface area contributed by atoms with E-state index in [4.69, 9.17) is 0 Å². The average Bonchev–Trinajstić information content (AvgIpc) is 3.35. The first-order valence-corrected chi connectivity index (χ1v) is 11.2. The highest BCUT2D eigenvalue weighted by atomic mass is 16.1. The molecule has 0 aliphatic carbocycles. The van der Waals surface area contributed by atoms with Crippen molar-refractivity contribution in [3.63, 3.8) is 0 Å². The van der Waals surface area contributed by atoms with Crippen LogP contribution in [0.15, 0.2) is 66.0 Å². The second-order valence-electron chi connectivity index (χ2n) is 8.94. The number of carbonyl (C=O) groups is 1. The van der Waals surface area contributed by atoms with Crippen molar-refractivity contribution < 1.29 is 4.79 Å². The SMILES string of the molecule is CNc1ccncc1C1C=NN(c2cc(NC(=O)c3cccc(C(C)(C)C#N)c3)ccc2C)C1. The molecular formula is C27H28N6O. The van der Waals surface area contributed by atoms with Gasteiger partial charge in [-0.1, -0.05) is 18.2 Å². The standard InChI is InChI=1S/C27H28N6O/c1-18-8-9-22(32-26(34)19-6-5-7-21(12-19)27(2,3)17-28)13-25(18)33-16-20(14-31-33)23-15-30-11-10-24(23)29-4/h5-15,20H,16H2,1-4H3,(H,29,30)(H,32,34). The van der Waals surface area contributed by atoms with Gasteiger partial charge in [-0.3, -0.25) is 14.8 Å². The largest absolute Gasteiger partial charge is 0.388 e. The molecule has 7 heteroatoms. The molecule has 2 heterocycles. The summed E-state index contributed by atoms with van der Waals surface area (Å²) < 4.78 is 0. The highest BCUT2D eigenvalue weighted by molar-refractivity contribution is 6.04. The van der Waals surface area contributed by atoms with E-state index in [1.807, 2.05) is 75.6 Å². The molecule has 2 aromatic carbocycles. The zero-order valence-electron chi connectivity index (χ0n) is 19.8. The van der Waals surface area contributed by atoms with E-state index in [-0.39, 0.29) is 11.8 Å². The number of nitrogens with zero attached hydrogens (tertiary/aromatic N) is 4. The van der Waals surface area contributed by atoms with E-state index in [0.29, 0.717) is 17.8 Å². The van der Waals surface area contributed by atoms with Crippen LogP contribution in [-0.4, -0.2) is 30.7 Å². The zero-order chi connectivity index (χ0) is 24.3. The average molecular weight is 453 g/mol. The van der Waals surface area contributed by atoms with E-state index in [1.165, 1.54) is 0 Å². The molecule has 0 radical (unpaired) electrons. The van der Waals surface area contributed by atoms with Crippen LogP contribution in [0.3, 0.4) is 0 Å². The Bertz CT molecular complexity index is 1290. The van der Waals surface area contributed by atoms with Gasteiger partial charge in [0, 0.05) is 54.1 Å². The molecule has 2 N–H and O–H groups in total. The van der Waals surface area contributed by atoms with Gasteiger partial charge in [-0.2, -0.15) is 10.4 Å². The van der Waals surface area contributed by atoms with Gasteiger partial charge in [0.15, 0.2) is 0 Å². The van der Waals surface area contributed by atoms with Gasteiger partial charge in [0.05, 0.1) is 23.7 Å². The summed E-state index contributed by atoms with van der Waals surface area (Å²) in [7, 11) is 1.90. The summed E-state index contributed by atoms with van der Waals surface area (Å²) in [4.78, 5) is 17.2. The molecule has 1 aromatic heterocycles. The van der Waals surface area contributed by atoms with E-state index in [2.05, 4.69) is 26.8 Å². The number of carbonyl (C=O) groups excluding carboxylic acids is 1. The minimum Gasteiger partial charge on any atom is -0.388 e. The Morgan fingerprint density at radius 3 is 2.79 bits per heavy atom. The number of benzene rings is 2. The number of aryl methyl sites for hydroxylation is 1. The highest BCUT2D eigenvalue weighted by Gasteiger charge is 2.24. The lowest BCUT2D eigenvalue weighted by Gasteiger charge is -2.20. The van der Waals surface area contributed by atoms with Crippen molar-refractivity contribution in [2.24, 2.45) is 5.10 Å². The lowest BCUT2D eigenvalue weighted by atomic mass is 9.85. The molecular weight excluding hydrogens is 424 g/mol. The highest BCUT2D eigenvalue weighted by Crippen LogP contribution is 2.32. The third-order valence-electron chi connectivity index (χ3n) is 6.15. The quantitative estimate of drug-likeness (QED) is 0.544. The Morgan fingerprint density at radius 2 is 2.03 bits per heavy atom. The van der Waals surface area contributed by atoms with Crippen molar-refractivity contribution in [1.82, 2.24) is 4.98 Å². The Morgan fingerprint density at radius 1 is 1.21 bits per heavy atom. The van der Waals surface area contributed by atoms with Gasteiger partial charge in [-0.15, -0.1) is 0 Å². The summed E-state index contributed by atoms with van der Waals surface area (Å²) in [6.45, 7) is 6.39. The molecule has 0 saturated heterocycles. The summed E-state index contributed by atoms with van der Waals surface area (Å²) in [5, 5.41) is 22.2. The molecule has 1 aliphatic rings. The zero-order valence-corrected chi connectivity index (χ0v) is 19.8. The second-order valence-corrected chi connectivity index (χ2v) is 8.94. The molecule has 172 valence electrons. The molecule has 7 nitrogen and oxygen atoms in total. The summed E-state index contributed by atoms with van der Waals surface area (Å²) in [5.74, 6) is -0.109. The fraction of sp³-hybridized carbons (Fsp3) is 0.259. The first-order chi connectivity index (χ1) is 16.3. The van der Waals surface area contributed by atoms with Gasteiger partial charge in [0.2, 0.25) is 0 Å². The Kier molecular flexibility index (Phi) is 6.33. The number of anilines is 3. The third kappa shape index (κ3) is 4.62. The van der Waals surface area contributed by atoms with Crippen molar-refractivity contribution in [1.29, 1.82) is 5.26 Å². The van der Waals surface area contributed by atoms with Crippen molar-refractivity contribution >= 4 is 29.2 Å². The summed E-state index contributed by atoms with van der Waals surface area (Å²) in [6, 6.07) is 17.3. The van der Waals surface area contributed by atoms with Gasteiger partial charge >= 0.3 is 0 Å². The van der Waals surface area contributed by atoms with Crippen LogP contribution in [0.25, 0.3) is 0 Å². The Hall–Kier alpha value is -4.18. The normalized spacial score (nSPS) is 15.1. The van der Waals surface area contributed by atoms with Crippen LogP contribution < -0.4 is 15.6 Å². The predicted octanol–water partition coefficient (Wildman–Crippen LogP) is 5.07. The minimum absolute atomic E-state index is 0.111. The van der Waals surface area contributed by atoms with Crippen LogP contribution in [0.4, 0.5) is 17.1 Å². The lowest BCUT2D eigenvalue weighted by Crippen LogP contribution is -2.19. The number of rotatable bonds is 6. The molecule has 0 bridgehead atoms. The molecule has 1 unspecified atom stereocenters. The maximum Gasteiger partial charge on any atom is 0.255 e. The molecule has 3 aromatic rings. The molecule has 0 saturated carbocycles. The summed E-state index contributed by atoms with van der Waals surface area (Å²) in [5.41, 5.74) is 5.47. The number of nitriles is 1. The smallest absolute Gasteiger partial charge is 0.255 e. The van der Waals surface area contributed by atoms with Crippen LogP contribution in [0.2, 0.25) is 0 Å². The molecule has 1 aliphatic heterocycles. The van der Waals surface area contributed by atoms with Gasteiger partial charge in [0.1, 0.15) is 0 Å². The van der Waals surface area contributed by atoms with Gasteiger partial charge in [-0.05, 0) is 62.2 Å². The van der Waals surface area contributed by atoms with Crippen molar-refractivity contribution in [2.75, 3.05) is 29.2 Å². The summed E-state index contributed by atoms with van der Waals surface area (Å²) in [6.07, 6.45) is 5.58. The lowest BCUT2D eigenvalue weighted by molar-refractivity contribution is 0.102. The number of hydrogen-bond acceptors (Lipinski definition) is 6. The Balaban J connectivity index is 1.52. The van der Waals surface area contributed by atoms with E-state index in [0.717, 1.165) is 28.1 Å². The topological polar surface area (TPSA) is 93.4 Å². The molecule has 0 fully saturated rings. The fourth-order valence-electron chi connectivity index (χ4n) is 3.99.